The third-order valence-electron chi connectivity index (χ3n) is 7.34. The molecular formula is C30H45P3. The molecule has 0 nitrogen and oxygen atoms in total. The minimum Gasteiger partial charge on any atom is -0.0871 e. The molecule has 3 heteroatoms. The molecule has 2 aromatic carbocycles. The van der Waals surface area contributed by atoms with Gasteiger partial charge in [0, 0.05) is 0 Å². The van der Waals surface area contributed by atoms with Crippen LogP contribution in [-0.2, 0) is 0 Å². The molecule has 0 bridgehead atoms. The minimum absolute atomic E-state index is 0.0958. The van der Waals surface area contributed by atoms with Crippen LogP contribution in [0.25, 0.3) is 11.1 Å². The predicted molar refractivity (Wildman–Crippen MR) is 158 cm³/mol. The molecule has 180 valence electrons. The zero-order valence-corrected chi connectivity index (χ0v) is 24.3. The zero-order chi connectivity index (χ0) is 23.2. The first-order valence-electron chi connectivity index (χ1n) is 13.6. The summed E-state index contributed by atoms with van der Waals surface area (Å²) in [7, 11) is 1.69. The van der Waals surface area contributed by atoms with Crippen molar-refractivity contribution >= 4 is 41.0 Å². The van der Waals surface area contributed by atoms with Gasteiger partial charge in [0.15, 0.2) is 0 Å². The van der Waals surface area contributed by atoms with Gasteiger partial charge in [-0.15, -0.1) is 0 Å². The van der Waals surface area contributed by atoms with Gasteiger partial charge < -0.3 is 0 Å². The van der Waals surface area contributed by atoms with Gasteiger partial charge in [0.05, 0.1) is 0 Å². The van der Waals surface area contributed by atoms with Gasteiger partial charge in [-0.25, -0.2) is 0 Å². The molecule has 2 saturated carbocycles. The Morgan fingerprint density at radius 3 is 1.61 bits per heavy atom. The lowest BCUT2D eigenvalue weighted by atomic mass is 9.99. The molecule has 33 heavy (non-hydrogen) atoms. The lowest BCUT2D eigenvalue weighted by Crippen LogP contribution is -2.28. The molecule has 2 atom stereocenters. The summed E-state index contributed by atoms with van der Waals surface area (Å²) in [4.78, 5) is 0. The Hall–Kier alpha value is -0.270. The highest BCUT2D eigenvalue weighted by atomic mass is 31.1. The van der Waals surface area contributed by atoms with Crippen molar-refractivity contribution in [2.24, 2.45) is 0 Å². The minimum atomic E-state index is -0.0958. The maximum Gasteiger partial charge on any atom is -0.00286 e. The van der Waals surface area contributed by atoms with Gasteiger partial charge in [-0.3, -0.25) is 0 Å². The van der Waals surface area contributed by atoms with Crippen molar-refractivity contribution in [3.05, 3.63) is 42.5 Å². The Kier molecular flexibility index (Phi) is 9.87. The SMILES string of the molecule is CC(C)Pc1cccc(PC(C)C)c1-c1ccccc1P(C1CCCCC1)C1CCCCC1. The highest BCUT2D eigenvalue weighted by Crippen LogP contribution is 2.56. The van der Waals surface area contributed by atoms with E-state index in [9.17, 15) is 0 Å². The second kappa shape index (κ2) is 12.6. The Bertz CT molecular complexity index is 830. The first kappa shape index (κ1) is 25.8. The quantitative estimate of drug-likeness (QED) is 0.320. The van der Waals surface area contributed by atoms with Crippen molar-refractivity contribution < 1.29 is 0 Å². The predicted octanol–water partition coefficient (Wildman–Crippen LogP) is 8.55. The Balaban J connectivity index is 1.84. The monoisotopic (exact) mass is 498 g/mol. The lowest BCUT2D eigenvalue weighted by molar-refractivity contribution is 0.487. The van der Waals surface area contributed by atoms with Crippen molar-refractivity contribution in [3.8, 4) is 11.1 Å². The maximum atomic E-state index is 2.57. The number of hydrogen-bond acceptors (Lipinski definition) is 0. The van der Waals surface area contributed by atoms with Crippen molar-refractivity contribution in [2.45, 2.75) is 115 Å². The van der Waals surface area contributed by atoms with Gasteiger partial charge >= 0.3 is 0 Å². The molecule has 0 spiro atoms. The second-order valence-electron chi connectivity index (χ2n) is 10.8. The van der Waals surface area contributed by atoms with Crippen molar-refractivity contribution in [1.29, 1.82) is 0 Å². The van der Waals surface area contributed by atoms with Crippen LogP contribution >= 0.6 is 25.1 Å². The highest BCUT2D eigenvalue weighted by molar-refractivity contribution is 7.67. The van der Waals surface area contributed by atoms with Gasteiger partial charge in [0.25, 0.3) is 0 Å². The standard InChI is InChI=1S/C30H45P3/c1-22(2)31-27-19-13-20-28(32-23(3)4)30(27)26-18-11-12-21-29(26)33(24-14-7-5-8-15-24)25-16-9-6-10-17-25/h11-13,18-25,31-32H,5-10,14-17H2,1-4H3. The van der Waals surface area contributed by atoms with Crippen LogP contribution in [-0.4, -0.2) is 22.6 Å². The molecule has 0 saturated heterocycles. The van der Waals surface area contributed by atoms with Crippen LogP contribution in [0.3, 0.4) is 0 Å². The average molecular weight is 499 g/mol. The van der Waals surface area contributed by atoms with E-state index < -0.39 is 0 Å². The molecule has 2 unspecified atom stereocenters. The first-order chi connectivity index (χ1) is 16.0. The van der Waals surface area contributed by atoms with Gasteiger partial charge in [-0.05, 0) is 75.4 Å². The average Bonchev–Trinajstić information content (AvgIpc) is 2.81. The molecular weight excluding hydrogens is 453 g/mol. The van der Waals surface area contributed by atoms with Gasteiger partial charge in [-0.2, -0.15) is 0 Å². The van der Waals surface area contributed by atoms with Crippen LogP contribution in [0.1, 0.15) is 91.9 Å². The third kappa shape index (κ3) is 6.69. The van der Waals surface area contributed by atoms with Crippen LogP contribution in [0.4, 0.5) is 0 Å². The molecule has 2 aromatic rings. The maximum absolute atomic E-state index is 2.57. The lowest BCUT2D eigenvalue weighted by Gasteiger charge is -2.40. The van der Waals surface area contributed by atoms with Crippen LogP contribution in [0.2, 0.25) is 0 Å². The fourth-order valence-corrected chi connectivity index (χ4v) is 12.6. The van der Waals surface area contributed by atoms with E-state index in [0.29, 0.717) is 11.3 Å². The molecule has 0 N–H and O–H groups in total. The summed E-state index contributed by atoms with van der Waals surface area (Å²) in [5.74, 6) is 0. The summed E-state index contributed by atoms with van der Waals surface area (Å²) in [6.45, 7) is 9.57. The van der Waals surface area contributed by atoms with Crippen LogP contribution < -0.4 is 15.9 Å². The first-order valence-corrected chi connectivity index (χ1v) is 17.2. The third-order valence-corrected chi connectivity index (χ3v) is 13.5. The number of hydrogen-bond donors (Lipinski definition) is 0. The molecule has 2 aliphatic rings. The fraction of sp³-hybridized carbons (Fsp3) is 0.600. The van der Waals surface area contributed by atoms with Gasteiger partial charge in [-0.1, -0.05) is 134 Å². The number of rotatable bonds is 8. The molecule has 0 radical (unpaired) electrons. The summed E-state index contributed by atoms with van der Waals surface area (Å²) in [6.07, 6.45) is 14.7. The smallest absolute Gasteiger partial charge is 0.00286 e. The molecule has 0 heterocycles. The van der Waals surface area contributed by atoms with E-state index in [0.717, 1.165) is 28.5 Å². The molecule has 0 aromatic heterocycles. The summed E-state index contributed by atoms with van der Waals surface area (Å²) >= 11 is 0. The largest absolute Gasteiger partial charge is 0.0871 e. The normalized spacial score (nSPS) is 19.2. The van der Waals surface area contributed by atoms with Crippen molar-refractivity contribution in [1.82, 2.24) is 0 Å². The van der Waals surface area contributed by atoms with Gasteiger partial charge in [0.1, 0.15) is 0 Å². The van der Waals surface area contributed by atoms with Crippen LogP contribution in [0.5, 0.6) is 0 Å². The van der Waals surface area contributed by atoms with E-state index in [1.165, 1.54) is 64.2 Å². The second-order valence-corrected chi connectivity index (χ2v) is 17.6. The summed E-state index contributed by atoms with van der Waals surface area (Å²) < 4.78 is 0. The highest BCUT2D eigenvalue weighted by Gasteiger charge is 2.34. The molecule has 2 aliphatic carbocycles. The zero-order valence-electron chi connectivity index (χ0n) is 21.4. The topological polar surface area (TPSA) is 0 Å². The van der Waals surface area contributed by atoms with E-state index in [1.54, 1.807) is 27.0 Å². The Labute approximate surface area is 208 Å². The van der Waals surface area contributed by atoms with E-state index in [1.807, 2.05) is 0 Å². The summed E-state index contributed by atoms with van der Waals surface area (Å²) in [5, 5.41) is 5.00. The molecule has 0 amide bonds. The van der Waals surface area contributed by atoms with Crippen LogP contribution in [0, 0.1) is 0 Å². The van der Waals surface area contributed by atoms with Crippen LogP contribution in [0.15, 0.2) is 42.5 Å². The molecule has 2 fully saturated rings. The fourth-order valence-electron chi connectivity index (χ4n) is 6.03. The van der Waals surface area contributed by atoms with E-state index in [4.69, 9.17) is 0 Å². The molecule has 0 aliphatic heterocycles. The van der Waals surface area contributed by atoms with Crippen molar-refractivity contribution in [3.63, 3.8) is 0 Å². The van der Waals surface area contributed by atoms with Crippen molar-refractivity contribution in [2.75, 3.05) is 0 Å². The number of benzene rings is 2. The van der Waals surface area contributed by atoms with E-state index >= 15 is 0 Å². The summed E-state index contributed by atoms with van der Waals surface area (Å²) in [5.41, 5.74) is 6.58. The van der Waals surface area contributed by atoms with Gasteiger partial charge in [0.2, 0.25) is 0 Å². The van der Waals surface area contributed by atoms with E-state index in [-0.39, 0.29) is 7.92 Å². The Morgan fingerprint density at radius 1 is 0.636 bits per heavy atom. The Morgan fingerprint density at radius 2 is 1.12 bits per heavy atom. The van der Waals surface area contributed by atoms with E-state index in [2.05, 4.69) is 70.2 Å². The summed E-state index contributed by atoms with van der Waals surface area (Å²) in [6, 6.07) is 17.0. The molecule has 4 rings (SSSR count).